The molecule has 0 saturated heterocycles. The third kappa shape index (κ3) is 10.6. The van der Waals surface area contributed by atoms with Crippen LogP contribution in [0.5, 0.6) is 0 Å². The Hall–Kier alpha value is -0.670. The zero-order valence-electron chi connectivity index (χ0n) is 20.8. The number of hydrogen-bond acceptors (Lipinski definition) is 8. The molecule has 0 aromatic carbocycles. The van der Waals surface area contributed by atoms with Gasteiger partial charge in [0.2, 0.25) is 0 Å². The number of alkyl halides is 12. The van der Waals surface area contributed by atoms with Crippen molar-refractivity contribution < 1.29 is 116 Å². The summed E-state index contributed by atoms with van der Waals surface area (Å²) in [6.07, 6.45) is -2.18. The van der Waals surface area contributed by atoms with Crippen molar-refractivity contribution in [1.29, 1.82) is 0 Å². The standard InChI is InChI=1S/C19H24F12O7S.Na/c1-2-3-4-5-6-7-8-35-12(32)9-11(39-38-37-34)13(33)36-10-15(22,23)17(26,27)19(30,31)18(28,29)16(24,25)14(20)21;/h11,14,34H,2-10H2,1H3;/q;+1/p-1. The Balaban J connectivity index is 0. The third-order valence-corrected chi connectivity index (χ3v) is 5.62. The minimum atomic E-state index is -7.80. The SMILES string of the molecule is CCCCCCCCOC(=O)CC(SOO[O-])C(=O)OCC(F)(F)C(F)(F)C(F)(F)C(F)(F)C(F)(F)C(F)F.[Na+]. The van der Waals surface area contributed by atoms with Gasteiger partial charge in [0, 0.05) is 12.0 Å². The topological polar surface area (TPSA) is 94.1 Å². The van der Waals surface area contributed by atoms with Crippen LogP contribution in [0.4, 0.5) is 52.7 Å². The maximum atomic E-state index is 13.8. The zero-order valence-corrected chi connectivity index (χ0v) is 23.6. The summed E-state index contributed by atoms with van der Waals surface area (Å²) < 4.78 is 170. The molecule has 0 rings (SSSR count). The van der Waals surface area contributed by atoms with Crippen LogP contribution in [-0.4, -0.2) is 66.4 Å². The van der Waals surface area contributed by atoms with Gasteiger partial charge in [-0.2, -0.15) is 48.2 Å². The predicted octanol–water partition coefficient (Wildman–Crippen LogP) is 2.51. The van der Waals surface area contributed by atoms with Crippen molar-refractivity contribution in [3.05, 3.63) is 0 Å². The molecule has 0 N–H and O–H groups in total. The van der Waals surface area contributed by atoms with E-state index in [1.54, 1.807) is 0 Å². The monoisotopic (exact) mass is 646 g/mol. The van der Waals surface area contributed by atoms with Gasteiger partial charge in [0.25, 0.3) is 0 Å². The second kappa shape index (κ2) is 17.4. The number of unbranched alkanes of at least 4 members (excludes halogenated alkanes) is 5. The summed E-state index contributed by atoms with van der Waals surface area (Å²) >= 11 is -0.408. The number of esters is 2. The molecular weight excluding hydrogens is 623 g/mol. The fourth-order valence-corrected chi connectivity index (χ4v) is 3.09. The molecule has 0 aliphatic rings. The Morgan fingerprint density at radius 2 is 1.32 bits per heavy atom. The molecule has 0 saturated carbocycles. The van der Waals surface area contributed by atoms with Crippen molar-refractivity contribution in [2.24, 2.45) is 0 Å². The van der Waals surface area contributed by atoms with Crippen LogP contribution in [0.15, 0.2) is 0 Å². The minimum absolute atomic E-state index is 0. The number of hydrogen-bond donors (Lipinski definition) is 0. The molecule has 0 aliphatic carbocycles. The molecule has 1 atom stereocenters. The Morgan fingerprint density at radius 1 is 0.800 bits per heavy atom. The molecule has 0 amide bonds. The first-order valence-electron chi connectivity index (χ1n) is 10.9. The minimum Gasteiger partial charge on any atom is -0.691 e. The van der Waals surface area contributed by atoms with Crippen LogP contribution in [0, 0.1) is 0 Å². The molecule has 0 fully saturated rings. The van der Waals surface area contributed by atoms with Gasteiger partial charge in [-0.05, 0) is 6.42 Å². The normalized spacial score (nSPS) is 14.1. The van der Waals surface area contributed by atoms with Crippen molar-refractivity contribution >= 4 is 24.0 Å². The van der Waals surface area contributed by atoms with E-state index < -0.39 is 78.3 Å². The van der Waals surface area contributed by atoms with Crippen molar-refractivity contribution in [2.75, 3.05) is 13.2 Å². The summed E-state index contributed by atoms with van der Waals surface area (Å²) in [7, 11) is 0. The van der Waals surface area contributed by atoms with Gasteiger partial charge in [-0.15, -0.1) is 0 Å². The first-order valence-corrected chi connectivity index (χ1v) is 11.7. The van der Waals surface area contributed by atoms with Crippen molar-refractivity contribution in [3.8, 4) is 0 Å². The molecule has 40 heavy (non-hydrogen) atoms. The molecule has 1 unspecified atom stereocenters. The number of halogens is 12. The maximum absolute atomic E-state index is 13.8. The molecule has 0 aromatic heterocycles. The van der Waals surface area contributed by atoms with Gasteiger partial charge in [0.05, 0.1) is 13.0 Å². The smallest absolute Gasteiger partial charge is 0.691 e. The molecule has 0 spiro atoms. The van der Waals surface area contributed by atoms with Gasteiger partial charge in [-0.3, -0.25) is 14.6 Å². The quantitative estimate of drug-likeness (QED) is 0.0379. The van der Waals surface area contributed by atoms with Crippen molar-refractivity contribution in [3.63, 3.8) is 0 Å². The molecule has 232 valence electrons. The summed E-state index contributed by atoms with van der Waals surface area (Å²) in [5.41, 5.74) is 0. The molecule has 7 nitrogen and oxygen atoms in total. The summed E-state index contributed by atoms with van der Waals surface area (Å²) in [6.45, 7) is -1.40. The second-order valence-electron chi connectivity index (χ2n) is 7.87. The average molecular weight is 646 g/mol. The fraction of sp³-hybridized carbons (Fsp3) is 0.895. The number of rotatable bonds is 20. The van der Waals surface area contributed by atoms with Crippen LogP contribution in [0.1, 0.15) is 51.9 Å². The number of carbonyl (C=O) groups is 2. The number of ether oxygens (including phenoxy) is 2. The van der Waals surface area contributed by atoms with E-state index in [9.17, 15) is 67.5 Å². The zero-order chi connectivity index (χ0) is 30.7. The van der Waals surface area contributed by atoms with Gasteiger partial charge in [-0.1, -0.05) is 39.0 Å². The van der Waals surface area contributed by atoms with E-state index in [1.165, 1.54) is 0 Å². The van der Waals surface area contributed by atoms with Crippen LogP contribution >= 0.6 is 12.0 Å². The molecule has 0 aromatic rings. The van der Waals surface area contributed by atoms with Crippen molar-refractivity contribution in [1.82, 2.24) is 0 Å². The first kappa shape index (κ1) is 41.5. The Kier molecular flexibility index (Phi) is 18.1. The van der Waals surface area contributed by atoms with Gasteiger partial charge in [0.15, 0.2) is 6.61 Å². The van der Waals surface area contributed by atoms with Crippen LogP contribution < -0.4 is 34.8 Å². The molecular formula is C19H23F12NaO7S. The molecule has 0 heterocycles. The van der Waals surface area contributed by atoms with E-state index in [-0.39, 0.29) is 36.2 Å². The number of carbonyl (C=O) groups excluding carboxylic acids is 2. The maximum Gasteiger partial charge on any atom is 1.00 e. The third-order valence-electron chi connectivity index (χ3n) is 4.90. The Morgan fingerprint density at radius 3 is 1.82 bits per heavy atom. The van der Waals surface area contributed by atoms with Crippen LogP contribution in [-0.2, 0) is 28.4 Å². The van der Waals surface area contributed by atoms with E-state index in [4.69, 9.17) is 4.74 Å². The van der Waals surface area contributed by atoms with Gasteiger partial charge < -0.3 is 14.7 Å². The van der Waals surface area contributed by atoms with Crippen LogP contribution in [0.3, 0.4) is 0 Å². The molecule has 0 bridgehead atoms. The van der Waals surface area contributed by atoms with E-state index >= 15 is 0 Å². The fourth-order valence-electron chi connectivity index (χ4n) is 2.62. The molecule has 0 aliphatic heterocycles. The van der Waals surface area contributed by atoms with E-state index in [0.29, 0.717) is 12.8 Å². The molecule has 21 heteroatoms. The summed E-state index contributed by atoms with van der Waals surface area (Å²) in [4.78, 5) is 23.7. The van der Waals surface area contributed by atoms with Crippen LogP contribution in [0.2, 0.25) is 0 Å². The average Bonchev–Trinajstić information content (AvgIpc) is 2.83. The second-order valence-corrected chi connectivity index (χ2v) is 8.77. The summed E-state index contributed by atoms with van der Waals surface area (Å²) in [6, 6.07) is 0. The van der Waals surface area contributed by atoms with Gasteiger partial charge >= 0.3 is 77.5 Å². The Labute approximate surface area is 245 Å². The Bertz CT molecular complexity index is 778. The van der Waals surface area contributed by atoms with Crippen molar-refractivity contribution in [2.45, 2.75) is 93.2 Å². The van der Waals surface area contributed by atoms with Gasteiger partial charge in [-0.25, -0.2) is 8.78 Å². The summed E-state index contributed by atoms with van der Waals surface area (Å²) in [5, 5.41) is 10.6. The first-order chi connectivity index (χ1) is 17.7. The van der Waals surface area contributed by atoms with E-state index in [2.05, 4.69) is 14.1 Å². The molecule has 0 radical (unpaired) electrons. The van der Waals surface area contributed by atoms with Gasteiger partial charge in [0.1, 0.15) is 5.25 Å². The summed E-state index contributed by atoms with van der Waals surface area (Å²) in [5.74, 6) is -40.1. The van der Waals surface area contributed by atoms with Crippen LogP contribution in [0.25, 0.3) is 0 Å². The largest absolute Gasteiger partial charge is 1.00 e. The van der Waals surface area contributed by atoms with E-state index in [0.717, 1.165) is 25.7 Å². The van der Waals surface area contributed by atoms with E-state index in [1.807, 2.05) is 6.92 Å². The predicted molar refractivity (Wildman–Crippen MR) is 104 cm³/mol.